The highest BCUT2D eigenvalue weighted by molar-refractivity contribution is 5.87. The lowest BCUT2D eigenvalue weighted by atomic mass is 9.90. The zero-order valence-corrected chi connectivity index (χ0v) is 20.3. The molecule has 1 saturated heterocycles. The molecule has 0 radical (unpaired) electrons. The number of benzene rings is 1. The Balaban J connectivity index is 1.58. The number of hydrogen-bond donors (Lipinski definition) is 1. The number of hydrogen-bond acceptors (Lipinski definition) is 5. The number of anilines is 1. The first-order valence-electron chi connectivity index (χ1n) is 12.3. The molecule has 3 aromatic heterocycles. The van der Waals surface area contributed by atoms with Crippen molar-refractivity contribution in [1.82, 2.24) is 24.5 Å². The van der Waals surface area contributed by atoms with Crippen molar-refractivity contribution >= 4 is 17.0 Å². The first kappa shape index (κ1) is 22.2. The van der Waals surface area contributed by atoms with Gasteiger partial charge in [0, 0.05) is 36.7 Å². The molecule has 1 aliphatic rings. The molecule has 4 aromatic rings. The lowest BCUT2D eigenvalue weighted by molar-refractivity contribution is 0.450. The van der Waals surface area contributed by atoms with Crippen LogP contribution in [0.5, 0.6) is 0 Å². The summed E-state index contributed by atoms with van der Waals surface area (Å²) in [6, 6.07) is 8.58. The van der Waals surface area contributed by atoms with Gasteiger partial charge in [0.1, 0.15) is 5.69 Å². The molecule has 1 aromatic carbocycles. The van der Waals surface area contributed by atoms with Gasteiger partial charge in [-0.05, 0) is 56.2 Å². The number of nitrogens with one attached hydrogen (secondary N) is 1. The number of aromatic nitrogens is 5. The Kier molecular flexibility index (Phi) is 6.09. The first-order chi connectivity index (χ1) is 16.5. The molecular weight excluding hydrogens is 422 g/mol. The van der Waals surface area contributed by atoms with Crippen LogP contribution < -0.4 is 10.3 Å². The first-order valence-corrected chi connectivity index (χ1v) is 12.3. The van der Waals surface area contributed by atoms with Gasteiger partial charge in [-0.3, -0.25) is 5.01 Å². The van der Waals surface area contributed by atoms with Crippen molar-refractivity contribution in [3.63, 3.8) is 0 Å². The lowest BCUT2D eigenvalue weighted by Gasteiger charge is -2.28. The molecular formula is C27H33N7. The van der Waals surface area contributed by atoms with Gasteiger partial charge in [0.15, 0.2) is 5.65 Å². The molecule has 176 valence electrons. The van der Waals surface area contributed by atoms with Crippen molar-refractivity contribution < 1.29 is 0 Å². The van der Waals surface area contributed by atoms with E-state index in [1.807, 2.05) is 23.3 Å². The second-order valence-corrected chi connectivity index (χ2v) is 9.28. The third kappa shape index (κ3) is 4.18. The summed E-state index contributed by atoms with van der Waals surface area (Å²) < 4.78 is 1.77. The predicted molar refractivity (Wildman–Crippen MR) is 139 cm³/mol. The van der Waals surface area contributed by atoms with Gasteiger partial charge in [0.05, 0.1) is 23.6 Å². The average molecular weight is 456 g/mol. The highest BCUT2D eigenvalue weighted by atomic mass is 15.7. The Labute approximate surface area is 201 Å². The molecule has 34 heavy (non-hydrogen) atoms. The van der Waals surface area contributed by atoms with Gasteiger partial charge >= 0.3 is 0 Å². The van der Waals surface area contributed by atoms with Crippen LogP contribution in [0.2, 0.25) is 0 Å². The summed E-state index contributed by atoms with van der Waals surface area (Å²) in [7, 11) is 0. The van der Waals surface area contributed by atoms with Crippen LogP contribution in [-0.2, 0) is 0 Å². The Hall–Kier alpha value is -3.61. The van der Waals surface area contributed by atoms with Crippen molar-refractivity contribution in [2.24, 2.45) is 0 Å². The molecule has 5 rings (SSSR count). The molecule has 4 heterocycles. The zero-order valence-electron chi connectivity index (χ0n) is 20.3. The quantitative estimate of drug-likeness (QED) is 0.392. The van der Waals surface area contributed by atoms with Crippen molar-refractivity contribution in [3.05, 3.63) is 72.3 Å². The van der Waals surface area contributed by atoms with E-state index in [9.17, 15) is 0 Å². The standard InChI is InChI=1S/C27H33N7/c1-5-20(3)22-11-10-19(2)16-23(22)26-25(18-34(31-26)32-13-7-6-8-14-32)30-21(4)24-17-29-33-15-9-12-28-27(24)33/h9-12,15-18,20,30H,4-8,13-14H2,1-3H3. The van der Waals surface area contributed by atoms with E-state index in [-0.39, 0.29) is 0 Å². The van der Waals surface area contributed by atoms with Gasteiger partial charge < -0.3 is 5.32 Å². The topological polar surface area (TPSA) is 63.3 Å². The van der Waals surface area contributed by atoms with Gasteiger partial charge in [-0.15, -0.1) is 0 Å². The van der Waals surface area contributed by atoms with E-state index in [1.165, 1.54) is 36.0 Å². The van der Waals surface area contributed by atoms with E-state index in [2.05, 4.69) is 72.2 Å². The van der Waals surface area contributed by atoms with Crippen LogP contribution >= 0.6 is 0 Å². The minimum Gasteiger partial charge on any atom is -0.352 e. The van der Waals surface area contributed by atoms with Crippen LogP contribution in [0.4, 0.5) is 5.69 Å². The summed E-state index contributed by atoms with van der Waals surface area (Å²) in [5, 5.41) is 15.4. The Morgan fingerprint density at radius 1 is 1.21 bits per heavy atom. The van der Waals surface area contributed by atoms with E-state index >= 15 is 0 Å². The molecule has 1 atom stereocenters. The summed E-state index contributed by atoms with van der Waals surface area (Å²) in [5.74, 6) is 0.440. The zero-order chi connectivity index (χ0) is 23.7. The summed E-state index contributed by atoms with van der Waals surface area (Å²) in [5.41, 5.74) is 8.04. The molecule has 1 N–H and O–H groups in total. The van der Waals surface area contributed by atoms with Crippen LogP contribution in [0, 0.1) is 6.92 Å². The SMILES string of the molecule is C=C(Nc1cn(N2CCCCC2)nc1-c1cc(C)ccc1C(C)CC)c1cnn2cccnc12. The van der Waals surface area contributed by atoms with Crippen LogP contribution in [0.1, 0.15) is 62.1 Å². The molecule has 0 bridgehead atoms. The van der Waals surface area contributed by atoms with Gasteiger partial charge in [-0.25, -0.2) is 9.50 Å². The summed E-state index contributed by atoms with van der Waals surface area (Å²) in [6.07, 6.45) is 12.3. The monoisotopic (exact) mass is 455 g/mol. The van der Waals surface area contributed by atoms with E-state index in [0.29, 0.717) is 5.92 Å². The number of fused-ring (bicyclic) bond motifs is 1. The number of piperidine rings is 1. The smallest absolute Gasteiger partial charge is 0.164 e. The Morgan fingerprint density at radius 3 is 2.82 bits per heavy atom. The summed E-state index contributed by atoms with van der Waals surface area (Å²) in [4.78, 5) is 6.52. The van der Waals surface area contributed by atoms with Crippen LogP contribution in [-0.4, -0.2) is 37.6 Å². The molecule has 7 nitrogen and oxygen atoms in total. The normalized spacial score (nSPS) is 15.0. The molecule has 0 aliphatic carbocycles. The van der Waals surface area contributed by atoms with E-state index in [0.717, 1.165) is 47.8 Å². The van der Waals surface area contributed by atoms with Crippen molar-refractivity contribution in [2.45, 2.75) is 52.4 Å². The second kappa shape index (κ2) is 9.33. The van der Waals surface area contributed by atoms with Gasteiger partial charge in [-0.1, -0.05) is 38.1 Å². The fourth-order valence-electron chi connectivity index (χ4n) is 4.67. The molecule has 0 saturated carbocycles. The maximum absolute atomic E-state index is 5.12. The van der Waals surface area contributed by atoms with E-state index < -0.39 is 0 Å². The second-order valence-electron chi connectivity index (χ2n) is 9.28. The third-order valence-electron chi connectivity index (χ3n) is 6.82. The van der Waals surface area contributed by atoms with E-state index in [4.69, 9.17) is 5.10 Å². The highest BCUT2D eigenvalue weighted by Crippen LogP contribution is 2.36. The number of rotatable bonds is 7. The van der Waals surface area contributed by atoms with Gasteiger partial charge in [-0.2, -0.15) is 15.0 Å². The molecule has 0 spiro atoms. The fourth-order valence-corrected chi connectivity index (χ4v) is 4.67. The minimum absolute atomic E-state index is 0.440. The van der Waals surface area contributed by atoms with E-state index in [1.54, 1.807) is 10.7 Å². The number of nitrogens with zero attached hydrogens (tertiary/aromatic N) is 6. The maximum Gasteiger partial charge on any atom is 0.164 e. The Morgan fingerprint density at radius 2 is 2.03 bits per heavy atom. The Bertz CT molecular complexity index is 1310. The van der Waals surface area contributed by atoms with Crippen molar-refractivity contribution in [3.8, 4) is 11.3 Å². The predicted octanol–water partition coefficient (Wildman–Crippen LogP) is 5.62. The lowest BCUT2D eigenvalue weighted by Crippen LogP contribution is -2.39. The average Bonchev–Trinajstić information content (AvgIpc) is 3.48. The van der Waals surface area contributed by atoms with Crippen LogP contribution in [0.3, 0.4) is 0 Å². The molecule has 1 fully saturated rings. The molecule has 1 unspecified atom stereocenters. The number of aryl methyl sites for hydroxylation is 1. The molecule has 1 aliphatic heterocycles. The molecule has 7 heteroatoms. The van der Waals surface area contributed by atoms with Crippen molar-refractivity contribution in [2.75, 3.05) is 23.4 Å². The maximum atomic E-state index is 5.12. The highest BCUT2D eigenvalue weighted by Gasteiger charge is 2.22. The summed E-state index contributed by atoms with van der Waals surface area (Å²) >= 11 is 0. The van der Waals surface area contributed by atoms with Gasteiger partial charge in [0.25, 0.3) is 0 Å². The van der Waals surface area contributed by atoms with Gasteiger partial charge in [0.2, 0.25) is 0 Å². The minimum atomic E-state index is 0.440. The van der Waals surface area contributed by atoms with Crippen LogP contribution in [0.15, 0.2) is 55.6 Å². The fraction of sp³-hybridized carbons (Fsp3) is 0.370. The van der Waals surface area contributed by atoms with Crippen molar-refractivity contribution in [1.29, 1.82) is 0 Å². The largest absolute Gasteiger partial charge is 0.352 e. The van der Waals surface area contributed by atoms with Crippen LogP contribution in [0.25, 0.3) is 22.6 Å². The third-order valence-corrected chi connectivity index (χ3v) is 6.82. The summed E-state index contributed by atoms with van der Waals surface area (Å²) in [6.45, 7) is 13.0. The molecule has 0 amide bonds.